The van der Waals surface area contributed by atoms with E-state index in [1.807, 2.05) is 48.5 Å². The van der Waals surface area contributed by atoms with Gasteiger partial charge in [0.25, 0.3) is 0 Å². The maximum Gasteiger partial charge on any atom is 0.202 e. The van der Waals surface area contributed by atoms with Crippen molar-refractivity contribution in [2.45, 2.75) is 0 Å². The third-order valence-corrected chi connectivity index (χ3v) is 2.29. The molecule has 0 saturated carbocycles. The smallest absolute Gasteiger partial charge is 0.202 e. The van der Waals surface area contributed by atoms with Gasteiger partial charge in [0.1, 0.15) is 11.8 Å². The zero-order valence-electron chi connectivity index (χ0n) is 9.65. The van der Waals surface area contributed by atoms with Crippen LogP contribution in [0, 0.1) is 11.3 Å². The summed E-state index contributed by atoms with van der Waals surface area (Å²) in [5, 5.41) is 12.5. The van der Waals surface area contributed by atoms with Crippen LogP contribution in [0.15, 0.2) is 60.0 Å². The molecule has 0 N–H and O–H groups in total. The van der Waals surface area contributed by atoms with E-state index in [1.54, 1.807) is 12.4 Å². The molecular weight excluding hydrogens is 226 g/mol. The molecule has 18 heavy (non-hydrogen) atoms. The summed E-state index contributed by atoms with van der Waals surface area (Å²) in [6.45, 7) is -0.0680. The van der Waals surface area contributed by atoms with Gasteiger partial charge < -0.3 is 4.84 Å². The molecule has 2 rings (SSSR count). The van der Waals surface area contributed by atoms with Crippen molar-refractivity contribution in [2.75, 3.05) is 6.61 Å². The Bertz CT molecular complexity index is 517. The largest absolute Gasteiger partial charge is 0.380 e. The van der Waals surface area contributed by atoms with E-state index < -0.39 is 0 Å². The molecule has 0 spiro atoms. The average Bonchev–Trinajstić information content (AvgIpc) is 2.46. The SMILES string of the molecule is N#CCON=C(c1ccccc1)c1ccncc1. The highest BCUT2D eigenvalue weighted by Crippen LogP contribution is 2.10. The van der Waals surface area contributed by atoms with Crippen molar-refractivity contribution >= 4 is 5.71 Å². The van der Waals surface area contributed by atoms with Gasteiger partial charge in [-0.1, -0.05) is 35.5 Å². The quantitative estimate of drug-likeness (QED) is 0.466. The third-order valence-electron chi connectivity index (χ3n) is 2.29. The van der Waals surface area contributed by atoms with Crippen molar-refractivity contribution in [2.24, 2.45) is 5.16 Å². The van der Waals surface area contributed by atoms with E-state index in [0.29, 0.717) is 5.71 Å². The second-order valence-electron chi connectivity index (χ2n) is 3.47. The monoisotopic (exact) mass is 237 g/mol. The van der Waals surface area contributed by atoms with Gasteiger partial charge in [0.2, 0.25) is 6.61 Å². The zero-order chi connectivity index (χ0) is 12.6. The molecule has 0 aliphatic carbocycles. The van der Waals surface area contributed by atoms with Crippen LogP contribution in [0.5, 0.6) is 0 Å². The predicted molar refractivity (Wildman–Crippen MR) is 67.9 cm³/mol. The van der Waals surface area contributed by atoms with Crippen LogP contribution >= 0.6 is 0 Å². The summed E-state index contributed by atoms with van der Waals surface area (Å²) in [5.74, 6) is 0. The summed E-state index contributed by atoms with van der Waals surface area (Å²) < 4.78 is 0. The van der Waals surface area contributed by atoms with Crippen LogP contribution in [-0.4, -0.2) is 17.3 Å². The number of pyridine rings is 1. The first-order chi connectivity index (χ1) is 8.92. The first-order valence-corrected chi connectivity index (χ1v) is 5.44. The Kier molecular flexibility index (Phi) is 4.04. The molecule has 4 nitrogen and oxygen atoms in total. The average molecular weight is 237 g/mol. The second kappa shape index (κ2) is 6.16. The highest BCUT2D eigenvalue weighted by Gasteiger charge is 2.06. The highest BCUT2D eigenvalue weighted by atomic mass is 16.6. The summed E-state index contributed by atoms with van der Waals surface area (Å²) >= 11 is 0. The van der Waals surface area contributed by atoms with E-state index in [0.717, 1.165) is 11.1 Å². The Labute approximate surface area is 105 Å². The van der Waals surface area contributed by atoms with Gasteiger partial charge in [0.15, 0.2) is 0 Å². The molecule has 2 aromatic rings. The lowest BCUT2D eigenvalue weighted by Crippen LogP contribution is -2.04. The number of hydrogen-bond acceptors (Lipinski definition) is 4. The van der Waals surface area contributed by atoms with E-state index in [4.69, 9.17) is 10.1 Å². The molecule has 0 bridgehead atoms. The Balaban J connectivity index is 2.36. The molecule has 0 aliphatic rings. The van der Waals surface area contributed by atoms with E-state index >= 15 is 0 Å². The van der Waals surface area contributed by atoms with E-state index in [2.05, 4.69) is 10.1 Å². The molecule has 88 valence electrons. The van der Waals surface area contributed by atoms with E-state index in [-0.39, 0.29) is 6.61 Å². The van der Waals surface area contributed by atoms with Gasteiger partial charge in [-0.25, -0.2) is 0 Å². The standard InChI is InChI=1S/C14H11N3O/c15-8-11-18-17-14(12-4-2-1-3-5-12)13-6-9-16-10-7-13/h1-7,9-10H,11H2. The number of hydrogen-bond donors (Lipinski definition) is 0. The van der Waals surface area contributed by atoms with Crippen LogP contribution < -0.4 is 0 Å². The first kappa shape index (κ1) is 11.8. The molecule has 4 heteroatoms. The van der Waals surface area contributed by atoms with Crippen LogP contribution in [0.3, 0.4) is 0 Å². The molecule has 1 heterocycles. The molecule has 0 atom stereocenters. The maximum atomic E-state index is 8.47. The van der Waals surface area contributed by atoms with Crippen molar-refractivity contribution in [1.29, 1.82) is 5.26 Å². The van der Waals surface area contributed by atoms with Crippen LogP contribution in [0.1, 0.15) is 11.1 Å². The van der Waals surface area contributed by atoms with Crippen LogP contribution in [0.2, 0.25) is 0 Å². The predicted octanol–water partition coefficient (Wildman–Crippen LogP) is 2.37. The van der Waals surface area contributed by atoms with Crippen LogP contribution in [0.25, 0.3) is 0 Å². The highest BCUT2D eigenvalue weighted by molar-refractivity contribution is 6.12. The minimum atomic E-state index is -0.0680. The molecule has 0 aliphatic heterocycles. The van der Waals surface area contributed by atoms with Gasteiger partial charge in [-0.2, -0.15) is 5.26 Å². The van der Waals surface area contributed by atoms with Gasteiger partial charge in [0, 0.05) is 23.5 Å². The summed E-state index contributed by atoms with van der Waals surface area (Å²) in [7, 11) is 0. The fraction of sp³-hybridized carbons (Fsp3) is 0.0714. The van der Waals surface area contributed by atoms with Crippen molar-refractivity contribution in [3.05, 3.63) is 66.0 Å². The molecule has 0 radical (unpaired) electrons. The van der Waals surface area contributed by atoms with Gasteiger partial charge in [0.05, 0.1) is 0 Å². The Hall–Kier alpha value is -2.67. The molecular formula is C14H11N3O. The fourth-order valence-electron chi connectivity index (χ4n) is 1.50. The van der Waals surface area contributed by atoms with Crippen molar-refractivity contribution in [1.82, 2.24) is 4.98 Å². The van der Waals surface area contributed by atoms with E-state index in [1.165, 1.54) is 0 Å². The third kappa shape index (κ3) is 2.92. The molecule has 1 aromatic carbocycles. The number of benzene rings is 1. The summed E-state index contributed by atoms with van der Waals surface area (Å²) in [5.41, 5.74) is 2.52. The van der Waals surface area contributed by atoms with Crippen molar-refractivity contribution in [3.63, 3.8) is 0 Å². The summed E-state index contributed by atoms with van der Waals surface area (Å²) in [6, 6.07) is 15.2. The lowest BCUT2D eigenvalue weighted by Gasteiger charge is -2.05. The van der Waals surface area contributed by atoms with Crippen molar-refractivity contribution < 1.29 is 4.84 Å². The van der Waals surface area contributed by atoms with Gasteiger partial charge >= 0.3 is 0 Å². The van der Waals surface area contributed by atoms with Crippen LogP contribution in [-0.2, 0) is 4.84 Å². The number of oxime groups is 1. The lowest BCUT2D eigenvalue weighted by molar-refractivity contribution is 0.179. The number of nitrogens with zero attached hydrogens (tertiary/aromatic N) is 3. The normalized spacial score (nSPS) is 10.7. The minimum absolute atomic E-state index is 0.0680. The molecule has 0 amide bonds. The molecule has 0 unspecified atom stereocenters. The Morgan fingerprint density at radius 1 is 1.11 bits per heavy atom. The fourth-order valence-corrected chi connectivity index (χ4v) is 1.50. The Morgan fingerprint density at radius 3 is 2.44 bits per heavy atom. The molecule has 0 saturated heterocycles. The van der Waals surface area contributed by atoms with Gasteiger partial charge in [-0.3, -0.25) is 4.98 Å². The zero-order valence-corrected chi connectivity index (χ0v) is 9.65. The van der Waals surface area contributed by atoms with Gasteiger partial charge in [-0.15, -0.1) is 0 Å². The van der Waals surface area contributed by atoms with Gasteiger partial charge in [-0.05, 0) is 12.1 Å². The Morgan fingerprint density at radius 2 is 1.78 bits per heavy atom. The summed E-state index contributed by atoms with van der Waals surface area (Å²) in [6.07, 6.45) is 3.39. The lowest BCUT2D eigenvalue weighted by atomic mass is 10.0. The van der Waals surface area contributed by atoms with Crippen LogP contribution in [0.4, 0.5) is 0 Å². The summed E-state index contributed by atoms with van der Waals surface area (Å²) in [4.78, 5) is 8.93. The first-order valence-electron chi connectivity index (χ1n) is 5.44. The molecule has 1 aromatic heterocycles. The number of aromatic nitrogens is 1. The molecule has 0 fully saturated rings. The van der Waals surface area contributed by atoms with E-state index in [9.17, 15) is 0 Å². The number of rotatable bonds is 4. The maximum absolute atomic E-state index is 8.47. The number of nitriles is 1. The van der Waals surface area contributed by atoms with Crippen molar-refractivity contribution in [3.8, 4) is 6.07 Å². The second-order valence-corrected chi connectivity index (χ2v) is 3.47. The minimum Gasteiger partial charge on any atom is -0.380 e. The topological polar surface area (TPSA) is 58.3 Å².